The molecular weight excluding hydrogens is 304 g/mol. The lowest BCUT2D eigenvalue weighted by molar-refractivity contribution is 0.291. The standard InChI is InChI=1S/C13H18BrF2NO/c1-9(2)3-4-17-5-6-18-12-8-10(14)7-11(15)13(12)16/h7-9,17H,3-6H2,1-2H3. The van der Waals surface area contributed by atoms with Crippen LogP contribution in [0.2, 0.25) is 0 Å². The van der Waals surface area contributed by atoms with Gasteiger partial charge >= 0.3 is 0 Å². The molecule has 18 heavy (non-hydrogen) atoms. The first-order valence-electron chi connectivity index (χ1n) is 5.98. The molecule has 1 aromatic rings. The van der Waals surface area contributed by atoms with Crippen LogP contribution in [-0.2, 0) is 0 Å². The molecule has 1 aromatic carbocycles. The molecule has 0 bridgehead atoms. The molecule has 5 heteroatoms. The van der Waals surface area contributed by atoms with Gasteiger partial charge in [-0.2, -0.15) is 4.39 Å². The Hall–Kier alpha value is -0.680. The maximum Gasteiger partial charge on any atom is 0.200 e. The number of ether oxygens (including phenoxy) is 1. The maximum absolute atomic E-state index is 13.3. The number of benzene rings is 1. The molecule has 0 unspecified atom stereocenters. The van der Waals surface area contributed by atoms with Gasteiger partial charge in [-0.05, 0) is 31.0 Å². The molecule has 0 aliphatic carbocycles. The van der Waals surface area contributed by atoms with Crippen LogP contribution >= 0.6 is 15.9 Å². The molecule has 0 saturated carbocycles. The van der Waals surface area contributed by atoms with Crippen molar-refractivity contribution in [1.29, 1.82) is 0 Å². The second-order valence-electron chi connectivity index (χ2n) is 4.48. The van der Waals surface area contributed by atoms with Gasteiger partial charge in [0, 0.05) is 11.0 Å². The van der Waals surface area contributed by atoms with Crippen molar-refractivity contribution < 1.29 is 13.5 Å². The quantitative estimate of drug-likeness (QED) is 0.610. The molecule has 0 aliphatic rings. The molecule has 0 spiro atoms. The molecule has 0 atom stereocenters. The van der Waals surface area contributed by atoms with Gasteiger partial charge in [0.2, 0.25) is 5.82 Å². The lowest BCUT2D eigenvalue weighted by Crippen LogP contribution is -2.23. The van der Waals surface area contributed by atoms with Crippen molar-refractivity contribution in [3.8, 4) is 5.75 Å². The average Bonchev–Trinajstić information content (AvgIpc) is 2.29. The average molecular weight is 322 g/mol. The monoisotopic (exact) mass is 321 g/mol. The predicted molar refractivity (Wildman–Crippen MR) is 71.9 cm³/mol. The fourth-order valence-electron chi connectivity index (χ4n) is 1.39. The summed E-state index contributed by atoms with van der Waals surface area (Å²) in [6.45, 7) is 6.12. The first kappa shape index (κ1) is 15.4. The number of halogens is 3. The number of nitrogens with one attached hydrogen (secondary N) is 1. The minimum Gasteiger partial charge on any atom is -0.489 e. The van der Waals surface area contributed by atoms with Gasteiger partial charge in [0.1, 0.15) is 6.61 Å². The van der Waals surface area contributed by atoms with Gasteiger partial charge in [-0.25, -0.2) is 4.39 Å². The van der Waals surface area contributed by atoms with Crippen LogP contribution in [0.1, 0.15) is 20.3 Å². The molecule has 1 rings (SSSR count). The summed E-state index contributed by atoms with van der Waals surface area (Å²) in [5.74, 6) is -1.27. The Kier molecular flexibility index (Phi) is 6.57. The number of hydrogen-bond acceptors (Lipinski definition) is 2. The van der Waals surface area contributed by atoms with Crippen LogP contribution in [0.4, 0.5) is 8.78 Å². The third-order valence-electron chi connectivity index (χ3n) is 2.39. The van der Waals surface area contributed by atoms with E-state index < -0.39 is 11.6 Å². The van der Waals surface area contributed by atoms with Crippen LogP contribution in [0, 0.1) is 17.6 Å². The summed E-state index contributed by atoms with van der Waals surface area (Å²) in [6.07, 6.45) is 1.08. The molecule has 2 nitrogen and oxygen atoms in total. The molecule has 0 saturated heterocycles. The summed E-state index contributed by atoms with van der Waals surface area (Å²) in [7, 11) is 0. The second-order valence-corrected chi connectivity index (χ2v) is 5.40. The largest absolute Gasteiger partial charge is 0.489 e. The highest BCUT2D eigenvalue weighted by atomic mass is 79.9. The Morgan fingerprint density at radius 1 is 1.28 bits per heavy atom. The highest BCUT2D eigenvalue weighted by molar-refractivity contribution is 9.10. The maximum atomic E-state index is 13.3. The minimum atomic E-state index is -0.944. The van der Waals surface area contributed by atoms with Crippen LogP contribution < -0.4 is 10.1 Å². The van der Waals surface area contributed by atoms with Gasteiger partial charge in [-0.15, -0.1) is 0 Å². The van der Waals surface area contributed by atoms with Crippen LogP contribution in [0.5, 0.6) is 5.75 Å². The van der Waals surface area contributed by atoms with Crippen molar-refractivity contribution in [2.24, 2.45) is 5.92 Å². The van der Waals surface area contributed by atoms with Gasteiger partial charge in [0.25, 0.3) is 0 Å². The Morgan fingerprint density at radius 2 is 2.00 bits per heavy atom. The van der Waals surface area contributed by atoms with E-state index in [0.29, 0.717) is 23.5 Å². The normalized spacial score (nSPS) is 11.0. The van der Waals surface area contributed by atoms with Crippen LogP contribution in [0.3, 0.4) is 0 Å². The molecule has 0 aromatic heterocycles. The van der Waals surface area contributed by atoms with Crippen molar-refractivity contribution >= 4 is 15.9 Å². The van der Waals surface area contributed by atoms with E-state index in [1.165, 1.54) is 6.07 Å². The van der Waals surface area contributed by atoms with Gasteiger partial charge < -0.3 is 10.1 Å². The molecular formula is C13H18BrF2NO. The molecule has 0 fully saturated rings. The summed E-state index contributed by atoms with van der Waals surface area (Å²) < 4.78 is 32.0. The summed E-state index contributed by atoms with van der Waals surface area (Å²) in [5.41, 5.74) is 0. The number of hydrogen-bond donors (Lipinski definition) is 1. The minimum absolute atomic E-state index is 0.0625. The van der Waals surface area contributed by atoms with Crippen molar-refractivity contribution in [1.82, 2.24) is 5.32 Å². The topological polar surface area (TPSA) is 21.3 Å². The third kappa shape index (κ3) is 5.31. The molecule has 0 amide bonds. The van der Waals surface area contributed by atoms with E-state index in [-0.39, 0.29) is 5.75 Å². The first-order chi connectivity index (χ1) is 8.50. The fraction of sp³-hybridized carbons (Fsp3) is 0.538. The summed E-state index contributed by atoms with van der Waals surface area (Å²) in [5, 5.41) is 3.18. The van der Waals surface area contributed by atoms with E-state index >= 15 is 0 Å². The summed E-state index contributed by atoms with van der Waals surface area (Å²) in [4.78, 5) is 0. The number of rotatable bonds is 7. The Labute approximate surface area is 115 Å². The molecule has 0 heterocycles. The van der Waals surface area contributed by atoms with Crippen molar-refractivity contribution in [3.63, 3.8) is 0 Å². The molecule has 0 radical (unpaired) electrons. The Balaban J connectivity index is 2.31. The fourth-order valence-corrected chi connectivity index (χ4v) is 1.80. The zero-order valence-electron chi connectivity index (χ0n) is 10.6. The smallest absolute Gasteiger partial charge is 0.200 e. The van der Waals surface area contributed by atoms with E-state index in [4.69, 9.17) is 4.74 Å². The van der Waals surface area contributed by atoms with E-state index in [1.807, 2.05) is 0 Å². The first-order valence-corrected chi connectivity index (χ1v) is 6.78. The van der Waals surface area contributed by atoms with E-state index in [1.54, 1.807) is 0 Å². The highest BCUT2D eigenvalue weighted by Crippen LogP contribution is 2.25. The summed E-state index contributed by atoms with van der Waals surface area (Å²) in [6, 6.07) is 2.50. The lowest BCUT2D eigenvalue weighted by atomic mass is 10.1. The highest BCUT2D eigenvalue weighted by Gasteiger charge is 2.10. The van der Waals surface area contributed by atoms with Crippen molar-refractivity contribution in [2.75, 3.05) is 19.7 Å². The van der Waals surface area contributed by atoms with Crippen LogP contribution in [-0.4, -0.2) is 19.7 Å². The Bertz CT molecular complexity index is 385. The van der Waals surface area contributed by atoms with Gasteiger partial charge in [0.15, 0.2) is 11.6 Å². The van der Waals surface area contributed by atoms with Gasteiger partial charge in [-0.3, -0.25) is 0 Å². The zero-order chi connectivity index (χ0) is 13.5. The van der Waals surface area contributed by atoms with Gasteiger partial charge in [0.05, 0.1) is 0 Å². The Morgan fingerprint density at radius 3 is 2.67 bits per heavy atom. The van der Waals surface area contributed by atoms with E-state index in [9.17, 15) is 8.78 Å². The lowest BCUT2D eigenvalue weighted by Gasteiger charge is -2.10. The van der Waals surface area contributed by atoms with Crippen LogP contribution in [0.25, 0.3) is 0 Å². The SMILES string of the molecule is CC(C)CCNCCOc1cc(Br)cc(F)c1F. The van der Waals surface area contributed by atoms with Crippen molar-refractivity contribution in [2.45, 2.75) is 20.3 Å². The van der Waals surface area contributed by atoms with Crippen molar-refractivity contribution in [3.05, 3.63) is 28.2 Å². The van der Waals surface area contributed by atoms with E-state index in [2.05, 4.69) is 35.1 Å². The second kappa shape index (κ2) is 7.69. The predicted octanol–water partition coefficient (Wildman–Crippen LogP) is 3.74. The molecule has 0 aliphatic heterocycles. The molecule has 1 N–H and O–H groups in total. The molecule has 102 valence electrons. The van der Waals surface area contributed by atoms with Crippen LogP contribution in [0.15, 0.2) is 16.6 Å². The third-order valence-corrected chi connectivity index (χ3v) is 2.85. The van der Waals surface area contributed by atoms with E-state index in [0.717, 1.165) is 19.0 Å². The summed E-state index contributed by atoms with van der Waals surface area (Å²) >= 11 is 3.09. The zero-order valence-corrected chi connectivity index (χ0v) is 12.2. The van der Waals surface area contributed by atoms with Gasteiger partial charge in [-0.1, -0.05) is 29.8 Å².